The van der Waals surface area contributed by atoms with Gasteiger partial charge in [-0.25, -0.2) is 4.79 Å². The van der Waals surface area contributed by atoms with E-state index in [0.29, 0.717) is 19.1 Å². The number of fused-ring (bicyclic) bond motifs is 1. The first-order valence-electron chi connectivity index (χ1n) is 10.4. The van der Waals surface area contributed by atoms with Gasteiger partial charge in [-0.1, -0.05) is 42.5 Å². The van der Waals surface area contributed by atoms with Crippen molar-refractivity contribution in [2.24, 2.45) is 5.92 Å². The standard InChI is InChI=1S/C24H27NO4.ClH/c26-24(13-12-19-7-2-1-3-8-19)28-17-20-9-6-14-25(15-20)16-21-18-27-22-10-4-5-11-23(22)29-21;/h1-5,7-8,10-13,20-21H,6,9,14-18H2;1H/b13-12+;. The number of benzene rings is 2. The molecule has 4 rings (SSSR count). The van der Waals surface area contributed by atoms with Crippen LogP contribution in [-0.2, 0) is 9.53 Å². The second-order valence-corrected chi connectivity index (χ2v) is 7.79. The lowest BCUT2D eigenvalue weighted by atomic mass is 9.98. The van der Waals surface area contributed by atoms with Crippen LogP contribution in [-0.4, -0.2) is 44.9 Å². The van der Waals surface area contributed by atoms with E-state index in [1.54, 1.807) is 6.08 Å². The Morgan fingerprint density at radius 2 is 1.87 bits per heavy atom. The van der Waals surface area contributed by atoms with Gasteiger partial charge in [-0.3, -0.25) is 0 Å². The normalized spacial score (nSPS) is 22.9. The molecule has 1 N–H and O–H groups in total. The number of halogens is 1. The Balaban J connectivity index is 0.00000256. The maximum Gasteiger partial charge on any atom is 0.330 e. The van der Waals surface area contributed by atoms with Crippen molar-refractivity contribution in [1.29, 1.82) is 0 Å². The smallest absolute Gasteiger partial charge is 0.330 e. The summed E-state index contributed by atoms with van der Waals surface area (Å²) >= 11 is 0. The molecule has 5 nitrogen and oxygen atoms in total. The molecular weight excluding hydrogens is 402 g/mol. The van der Waals surface area contributed by atoms with Crippen molar-refractivity contribution >= 4 is 12.0 Å². The van der Waals surface area contributed by atoms with Gasteiger partial charge in [0, 0.05) is 12.0 Å². The molecule has 3 unspecified atom stereocenters. The van der Waals surface area contributed by atoms with Gasteiger partial charge >= 0.3 is 5.97 Å². The van der Waals surface area contributed by atoms with E-state index < -0.39 is 0 Å². The van der Waals surface area contributed by atoms with E-state index in [4.69, 9.17) is 14.2 Å². The van der Waals surface area contributed by atoms with E-state index in [-0.39, 0.29) is 24.5 Å². The number of para-hydroxylation sites is 2. The first-order chi connectivity index (χ1) is 14.3. The Morgan fingerprint density at radius 3 is 2.70 bits per heavy atom. The molecule has 6 heteroatoms. The Labute approximate surface area is 184 Å². The molecule has 2 aliphatic heterocycles. The van der Waals surface area contributed by atoms with Crippen LogP contribution in [0.4, 0.5) is 0 Å². The Hall–Kier alpha value is -2.50. The number of likely N-dealkylation sites (tertiary alicyclic amines) is 1. The maximum atomic E-state index is 12.0. The molecule has 160 valence electrons. The molecule has 30 heavy (non-hydrogen) atoms. The minimum absolute atomic E-state index is 0. The molecule has 2 aromatic carbocycles. The largest absolute Gasteiger partial charge is 1.00 e. The van der Waals surface area contributed by atoms with Crippen molar-refractivity contribution in [1.82, 2.24) is 0 Å². The fourth-order valence-electron chi connectivity index (χ4n) is 4.04. The number of piperidine rings is 1. The third-order valence-electron chi connectivity index (χ3n) is 5.48. The van der Waals surface area contributed by atoms with E-state index >= 15 is 0 Å². The summed E-state index contributed by atoms with van der Waals surface area (Å²) in [5.74, 6) is 1.77. The molecule has 2 aromatic rings. The van der Waals surface area contributed by atoms with Crippen LogP contribution in [0.25, 0.3) is 6.08 Å². The van der Waals surface area contributed by atoms with Gasteiger partial charge < -0.3 is 31.5 Å². The second-order valence-electron chi connectivity index (χ2n) is 7.79. The summed E-state index contributed by atoms with van der Waals surface area (Å²) in [7, 11) is 0. The minimum Gasteiger partial charge on any atom is -1.00 e. The van der Waals surface area contributed by atoms with Gasteiger partial charge in [-0.15, -0.1) is 0 Å². The van der Waals surface area contributed by atoms with Gasteiger partial charge in [0.05, 0.1) is 19.7 Å². The Bertz CT molecular complexity index is 842. The van der Waals surface area contributed by atoms with Gasteiger partial charge in [0.1, 0.15) is 13.2 Å². The topological polar surface area (TPSA) is 49.2 Å². The van der Waals surface area contributed by atoms with Crippen molar-refractivity contribution in [2.45, 2.75) is 18.9 Å². The molecule has 0 radical (unpaired) electrons. The number of hydrogen-bond donors (Lipinski definition) is 1. The molecule has 0 bridgehead atoms. The zero-order valence-electron chi connectivity index (χ0n) is 17.0. The highest BCUT2D eigenvalue weighted by Crippen LogP contribution is 2.30. The first kappa shape index (κ1) is 22.2. The zero-order chi connectivity index (χ0) is 19.9. The Morgan fingerprint density at radius 1 is 1.10 bits per heavy atom. The lowest BCUT2D eigenvalue weighted by Crippen LogP contribution is -3.15. The van der Waals surface area contributed by atoms with E-state index in [1.807, 2.05) is 54.6 Å². The number of nitrogens with one attached hydrogen (secondary N) is 1. The van der Waals surface area contributed by atoms with Crippen LogP contribution >= 0.6 is 0 Å². The van der Waals surface area contributed by atoms with Crippen LogP contribution in [0.2, 0.25) is 0 Å². The number of carbonyl (C=O) groups is 1. The number of ether oxygens (including phenoxy) is 3. The van der Waals surface area contributed by atoms with Crippen LogP contribution < -0.4 is 26.8 Å². The molecular formula is C24H28ClNO4. The summed E-state index contributed by atoms with van der Waals surface area (Å²) in [6, 6.07) is 17.6. The first-order valence-corrected chi connectivity index (χ1v) is 10.4. The molecule has 0 saturated carbocycles. The predicted octanol–water partition coefficient (Wildman–Crippen LogP) is -0.618. The molecule has 0 aromatic heterocycles. The number of carbonyl (C=O) groups excluding carboxylic acids is 1. The number of esters is 1. The van der Waals surface area contributed by atoms with Crippen LogP contribution in [0.5, 0.6) is 11.5 Å². The third-order valence-corrected chi connectivity index (χ3v) is 5.48. The average Bonchev–Trinajstić information content (AvgIpc) is 2.77. The fraction of sp³-hybridized carbons (Fsp3) is 0.375. The van der Waals surface area contributed by atoms with Crippen molar-refractivity contribution in [3.8, 4) is 11.5 Å². The van der Waals surface area contributed by atoms with Crippen LogP contribution in [0.1, 0.15) is 18.4 Å². The Kier molecular flexibility index (Phi) is 8.17. The summed E-state index contributed by atoms with van der Waals surface area (Å²) in [6.45, 7) is 4.10. The highest BCUT2D eigenvalue weighted by atomic mass is 35.5. The van der Waals surface area contributed by atoms with Crippen LogP contribution in [0.3, 0.4) is 0 Å². The van der Waals surface area contributed by atoms with Gasteiger partial charge in [-0.2, -0.15) is 0 Å². The summed E-state index contributed by atoms with van der Waals surface area (Å²) < 4.78 is 17.4. The van der Waals surface area contributed by atoms with Gasteiger partial charge in [0.25, 0.3) is 0 Å². The minimum atomic E-state index is -0.276. The summed E-state index contributed by atoms with van der Waals surface area (Å²) in [6.07, 6.45) is 5.60. The van der Waals surface area contributed by atoms with E-state index in [9.17, 15) is 4.79 Å². The summed E-state index contributed by atoms with van der Waals surface area (Å²) in [5, 5.41) is 0. The highest BCUT2D eigenvalue weighted by Gasteiger charge is 2.29. The maximum absolute atomic E-state index is 12.0. The summed E-state index contributed by atoms with van der Waals surface area (Å²) in [4.78, 5) is 13.5. The van der Waals surface area contributed by atoms with Crippen molar-refractivity contribution in [2.75, 3.05) is 32.8 Å². The molecule has 3 atom stereocenters. The molecule has 2 heterocycles. The van der Waals surface area contributed by atoms with Gasteiger partial charge in [0.2, 0.25) is 0 Å². The van der Waals surface area contributed by atoms with Crippen molar-refractivity contribution in [3.05, 3.63) is 66.2 Å². The average molecular weight is 430 g/mol. The third kappa shape index (κ3) is 6.25. The number of hydrogen-bond acceptors (Lipinski definition) is 4. The molecule has 0 aliphatic carbocycles. The zero-order valence-corrected chi connectivity index (χ0v) is 17.7. The van der Waals surface area contributed by atoms with E-state index in [2.05, 4.69) is 0 Å². The molecule has 1 fully saturated rings. The number of rotatable bonds is 6. The van der Waals surface area contributed by atoms with Gasteiger partial charge in [-0.05, 0) is 36.6 Å². The summed E-state index contributed by atoms with van der Waals surface area (Å²) in [5.41, 5.74) is 0.994. The fourth-order valence-corrected chi connectivity index (χ4v) is 4.04. The van der Waals surface area contributed by atoms with E-state index in [0.717, 1.165) is 49.5 Å². The molecule has 0 amide bonds. The van der Waals surface area contributed by atoms with E-state index in [1.165, 1.54) is 11.0 Å². The van der Waals surface area contributed by atoms with Crippen molar-refractivity contribution < 1.29 is 36.3 Å². The quantitative estimate of drug-likeness (QED) is 0.491. The van der Waals surface area contributed by atoms with Crippen LogP contribution in [0, 0.1) is 5.92 Å². The lowest BCUT2D eigenvalue weighted by molar-refractivity contribution is -0.911. The SMILES string of the molecule is O=C(/C=C/c1ccccc1)OCC1CCC[NH+](CC2COc3ccccc3O2)C1.[Cl-]. The van der Waals surface area contributed by atoms with Crippen molar-refractivity contribution in [3.63, 3.8) is 0 Å². The van der Waals surface area contributed by atoms with Gasteiger partial charge in [0.15, 0.2) is 17.6 Å². The van der Waals surface area contributed by atoms with Crippen LogP contribution in [0.15, 0.2) is 60.7 Å². The molecule has 0 spiro atoms. The second kappa shape index (κ2) is 11.0. The molecule has 1 saturated heterocycles. The molecule has 2 aliphatic rings. The predicted molar refractivity (Wildman–Crippen MR) is 111 cm³/mol. The monoisotopic (exact) mass is 429 g/mol. The number of quaternary nitrogens is 1. The highest BCUT2D eigenvalue weighted by molar-refractivity contribution is 5.87. The lowest BCUT2D eigenvalue weighted by Gasteiger charge is -2.33.